The van der Waals surface area contributed by atoms with Crippen LogP contribution in [0.1, 0.15) is 12.8 Å². The number of anilines is 2. The Balaban J connectivity index is 1.37. The van der Waals surface area contributed by atoms with Gasteiger partial charge in [0.15, 0.2) is 5.65 Å². The topological polar surface area (TPSA) is 119 Å². The van der Waals surface area contributed by atoms with Crippen molar-refractivity contribution in [2.24, 2.45) is 5.92 Å². The zero-order valence-corrected chi connectivity index (χ0v) is 14.4. The van der Waals surface area contributed by atoms with E-state index < -0.39 is 4.92 Å². The third-order valence-electron chi connectivity index (χ3n) is 4.68. The number of nitro groups is 1. The van der Waals surface area contributed by atoms with E-state index in [1.807, 2.05) is 23.1 Å². The molecule has 1 saturated heterocycles. The van der Waals surface area contributed by atoms with Crippen LogP contribution in [0.25, 0.3) is 5.65 Å². The molecule has 1 aliphatic rings. The monoisotopic (exact) mass is 367 g/mol. The number of pyridine rings is 2. The summed E-state index contributed by atoms with van der Waals surface area (Å²) in [5, 5.41) is 21.6. The Labute approximate surface area is 154 Å². The van der Waals surface area contributed by atoms with Crippen LogP contribution in [0.2, 0.25) is 0 Å². The Kier molecular flexibility index (Phi) is 4.37. The lowest BCUT2D eigenvalue weighted by atomic mass is 9.96. The summed E-state index contributed by atoms with van der Waals surface area (Å²) in [7, 11) is 0. The van der Waals surface area contributed by atoms with Gasteiger partial charge in [-0.25, -0.2) is 4.98 Å². The molecule has 3 aromatic rings. The van der Waals surface area contributed by atoms with Crippen molar-refractivity contribution in [1.29, 1.82) is 0 Å². The molecule has 1 aliphatic heterocycles. The standard InChI is InChI=1S/C17H17N7O3/c25-16(19-17-21-20-15-3-1-2-8-23(15)17)12-6-9-22(10-7-12)14-5-4-13(11-18-14)24(26)27/h1-5,8,11-12H,6-7,9-10H2,(H,19,21,25). The molecule has 0 aliphatic carbocycles. The van der Waals surface area contributed by atoms with E-state index >= 15 is 0 Å². The van der Waals surface area contributed by atoms with Crippen molar-refractivity contribution in [1.82, 2.24) is 19.6 Å². The lowest BCUT2D eigenvalue weighted by Gasteiger charge is -2.31. The highest BCUT2D eigenvalue weighted by Crippen LogP contribution is 2.24. The van der Waals surface area contributed by atoms with Crippen molar-refractivity contribution < 1.29 is 9.72 Å². The molecule has 0 unspecified atom stereocenters. The smallest absolute Gasteiger partial charge is 0.287 e. The maximum Gasteiger partial charge on any atom is 0.287 e. The molecule has 4 heterocycles. The predicted molar refractivity (Wildman–Crippen MR) is 97.4 cm³/mol. The highest BCUT2D eigenvalue weighted by atomic mass is 16.6. The van der Waals surface area contributed by atoms with E-state index in [2.05, 4.69) is 20.5 Å². The highest BCUT2D eigenvalue weighted by Gasteiger charge is 2.26. The fourth-order valence-electron chi connectivity index (χ4n) is 3.18. The lowest BCUT2D eigenvalue weighted by molar-refractivity contribution is -0.385. The second kappa shape index (κ2) is 6.98. The molecule has 0 atom stereocenters. The minimum Gasteiger partial charge on any atom is -0.357 e. The van der Waals surface area contributed by atoms with Gasteiger partial charge in [-0.05, 0) is 31.0 Å². The molecule has 0 saturated carbocycles. The fraction of sp³-hybridized carbons (Fsp3) is 0.294. The summed E-state index contributed by atoms with van der Waals surface area (Å²) in [6.07, 6.45) is 4.39. The van der Waals surface area contributed by atoms with E-state index in [0.29, 0.717) is 43.3 Å². The van der Waals surface area contributed by atoms with Crippen molar-refractivity contribution >= 4 is 29.0 Å². The van der Waals surface area contributed by atoms with Crippen LogP contribution in [-0.4, -0.2) is 43.5 Å². The van der Waals surface area contributed by atoms with Crippen LogP contribution in [0.15, 0.2) is 42.7 Å². The van der Waals surface area contributed by atoms with Crippen LogP contribution in [0.5, 0.6) is 0 Å². The number of fused-ring (bicyclic) bond motifs is 1. The zero-order valence-electron chi connectivity index (χ0n) is 14.4. The zero-order chi connectivity index (χ0) is 18.8. The van der Waals surface area contributed by atoms with Gasteiger partial charge in [0.05, 0.1) is 4.92 Å². The Morgan fingerprint density at radius 1 is 1.19 bits per heavy atom. The van der Waals surface area contributed by atoms with Gasteiger partial charge >= 0.3 is 0 Å². The average molecular weight is 367 g/mol. The summed E-state index contributed by atoms with van der Waals surface area (Å²) < 4.78 is 1.73. The molecule has 4 rings (SSSR count). The Morgan fingerprint density at radius 2 is 2.00 bits per heavy atom. The van der Waals surface area contributed by atoms with Crippen LogP contribution in [-0.2, 0) is 4.79 Å². The number of nitrogens with zero attached hydrogens (tertiary/aromatic N) is 6. The third kappa shape index (κ3) is 3.41. The van der Waals surface area contributed by atoms with Crippen molar-refractivity contribution in [3.05, 3.63) is 52.8 Å². The van der Waals surface area contributed by atoms with Gasteiger partial charge in [-0.2, -0.15) is 0 Å². The van der Waals surface area contributed by atoms with Gasteiger partial charge in [0.25, 0.3) is 5.69 Å². The van der Waals surface area contributed by atoms with Gasteiger partial charge in [0, 0.05) is 31.3 Å². The van der Waals surface area contributed by atoms with Gasteiger partial charge in [-0.3, -0.25) is 24.6 Å². The van der Waals surface area contributed by atoms with E-state index in [4.69, 9.17) is 0 Å². The number of piperidine rings is 1. The highest BCUT2D eigenvalue weighted by molar-refractivity contribution is 5.91. The van der Waals surface area contributed by atoms with Crippen LogP contribution in [0.3, 0.4) is 0 Å². The largest absolute Gasteiger partial charge is 0.357 e. The molecule has 1 fully saturated rings. The number of hydrogen-bond donors (Lipinski definition) is 1. The van der Waals surface area contributed by atoms with Crippen LogP contribution >= 0.6 is 0 Å². The summed E-state index contributed by atoms with van der Waals surface area (Å²) in [6.45, 7) is 1.31. The maximum absolute atomic E-state index is 12.6. The van der Waals surface area contributed by atoms with Gasteiger partial charge in [0.1, 0.15) is 12.0 Å². The molecule has 27 heavy (non-hydrogen) atoms. The molecule has 10 nitrogen and oxygen atoms in total. The van der Waals surface area contributed by atoms with Crippen molar-refractivity contribution in [2.75, 3.05) is 23.3 Å². The number of aromatic nitrogens is 4. The van der Waals surface area contributed by atoms with Crippen LogP contribution in [0, 0.1) is 16.0 Å². The summed E-state index contributed by atoms with van der Waals surface area (Å²) in [5.41, 5.74) is 0.639. The van der Waals surface area contributed by atoms with E-state index in [1.54, 1.807) is 16.7 Å². The predicted octanol–water partition coefficient (Wildman–Crippen LogP) is 1.89. The molecule has 0 bridgehead atoms. The minimum absolute atomic E-state index is 0.0338. The van der Waals surface area contributed by atoms with Gasteiger partial charge in [-0.15, -0.1) is 10.2 Å². The van der Waals surface area contributed by atoms with E-state index in [9.17, 15) is 14.9 Å². The lowest BCUT2D eigenvalue weighted by Crippen LogP contribution is -2.38. The normalized spacial score (nSPS) is 15.0. The number of carbonyl (C=O) groups excluding carboxylic acids is 1. The first-order valence-electron chi connectivity index (χ1n) is 8.58. The first-order chi connectivity index (χ1) is 13.1. The molecule has 10 heteroatoms. The van der Waals surface area contributed by atoms with Crippen LogP contribution < -0.4 is 10.2 Å². The number of hydrogen-bond acceptors (Lipinski definition) is 7. The maximum atomic E-state index is 12.6. The van der Waals surface area contributed by atoms with E-state index in [-0.39, 0.29) is 17.5 Å². The Morgan fingerprint density at radius 3 is 2.70 bits per heavy atom. The first kappa shape index (κ1) is 16.9. The summed E-state index contributed by atoms with van der Waals surface area (Å²) in [5.74, 6) is 0.887. The number of amides is 1. The van der Waals surface area contributed by atoms with Gasteiger partial charge < -0.3 is 4.90 Å². The fourth-order valence-corrected chi connectivity index (χ4v) is 3.18. The molecule has 138 valence electrons. The molecular formula is C17H17N7O3. The van der Waals surface area contributed by atoms with Crippen LogP contribution in [0.4, 0.5) is 17.5 Å². The SMILES string of the molecule is O=C(Nc1nnc2ccccn12)C1CCN(c2ccc([N+](=O)[O-])cn2)CC1. The van der Waals surface area contributed by atoms with Gasteiger partial charge in [-0.1, -0.05) is 6.07 Å². The molecule has 0 radical (unpaired) electrons. The summed E-state index contributed by atoms with van der Waals surface area (Å²) in [4.78, 5) is 29.0. The minimum atomic E-state index is -0.471. The molecule has 3 aromatic heterocycles. The number of carbonyl (C=O) groups is 1. The second-order valence-corrected chi connectivity index (χ2v) is 6.33. The molecule has 1 amide bonds. The average Bonchev–Trinajstić information content (AvgIpc) is 3.11. The molecule has 1 N–H and O–H groups in total. The summed E-state index contributed by atoms with van der Waals surface area (Å²) in [6, 6.07) is 8.61. The summed E-state index contributed by atoms with van der Waals surface area (Å²) >= 11 is 0. The Bertz CT molecular complexity index is 978. The first-order valence-corrected chi connectivity index (χ1v) is 8.58. The molecular weight excluding hydrogens is 350 g/mol. The van der Waals surface area contributed by atoms with Gasteiger partial charge in [0.2, 0.25) is 11.9 Å². The number of nitrogens with one attached hydrogen (secondary N) is 1. The number of rotatable bonds is 4. The second-order valence-electron chi connectivity index (χ2n) is 6.33. The molecule has 0 aromatic carbocycles. The van der Waals surface area contributed by atoms with E-state index in [0.717, 1.165) is 0 Å². The quantitative estimate of drug-likeness (QED) is 0.552. The van der Waals surface area contributed by atoms with Crippen molar-refractivity contribution in [3.8, 4) is 0 Å². The Hall–Kier alpha value is -3.56. The van der Waals surface area contributed by atoms with Crippen molar-refractivity contribution in [3.63, 3.8) is 0 Å². The van der Waals surface area contributed by atoms with E-state index in [1.165, 1.54) is 12.3 Å². The van der Waals surface area contributed by atoms with Crippen molar-refractivity contribution in [2.45, 2.75) is 12.8 Å². The molecule has 0 spiro atoms. The third-order valence-corrected chi connectivity index (χ3v) is 4.68.